The maximum absolute atomic E-state index is 5.49. The zero-order chi connectivity index (χ0) is 19.9. The molecular formula is C22H22O4S2. The predicted molar refractivity (Wildman–Crippen MR) is 114 cm³/mol. The smallest absolute Gasteiger partial charge is 0.133 e. The van der Waals surface area contributed by atoms with Crippen LogP contribution in [0, 0.1) is 0 Å². The minimum Gasteiger partial charge on any atom is -0.497 e. The van der Waals surface area contributed by atoms with Crippen LogP contribution in [0.2, 0.25) is 0 Å². The highest BCUT2D eigenvalue weighted by Crippen LogP contribution is 2.41. The van der Waals surface area contributed by atoms with Gasteiger partial charge in [0.25, 0.3) is 0 Å². The highest BCUT2D eigenvalue weighted by molar-refractivity contribution is 8.00. The van der Waals surface area contributed by atoms with Crippen LogP contribution in [0.1, 0.15) is 0 Å². The van der Waals surface area contributed by atoms with Crippen molar-refractivity contribution < 1.29 is 18.9 Å². The molecule has 28 heavy (non-hydrogen) atoms. The van der Waals surface area contributed by atoms with Crippen LogP contribution < -0.4 is 18.9 Å². The Bertz CT molecular complexity index is 871. The molecule has 0 atom stereocenters. The zero-order valence-electron chi connectivity index (χ0n) is 16.2. The Morgan fingerprint density at radius 3 is 1.39 bits per heavy atom. The normalized spacial score (nSPS) is 10.4. The van der Waals surface area contributed by atoms with E-state index < -0.39 is 0 Å². The molecule has 3 rings (SSSR count). The van der Waals surface area contributed by atoms with E-state index in [0.29, 0.717) is 0 Å². The lowest BCUT2D eigenvalue weighted by molar-refractivity contribution is 0.394. The van der Waals surface area contributed by atoms with Gasteiger partial charge in [-0.05, 0) is 54.6 Å². The van der Waals surface area contributed by atoms with E-state index in [1.165, 1.54) is 0 Å². The molecule has 0 saturated carbocycles. The Balaban J connectivity index is 1.86. The second-order valence-corrected chi connectivity index (χ2v) is 7.94. The number of benzene rings is 3. The molecule has 0 aliphatic rings. The lowest BCUT2D eigenvalue weighted by Crippen LogP contribution is -1.89. The second-order valence-electron chi connectivity index (χ2n) is 5.71. The van der Waals surface area contributed by atoms with Crippen LogP contribution in [0.5, 0.6) is 23.0 Å². The fourth-order valence-electron chi connectivity index (χ4n) is 2.58. The molecule has 0 fully saturated rings. The monoisotopic (exact) mass is 414 g/mol. The van der Waals surface area contributed by atoms with Gasteiger partial charge in [-0.25, -0.2) is 0 Å². The molecule has 0 heterocycles. The SMILES string of the molecule is COc1ccc(OC)c(Sc2cccc(Sc3cc(OC)ccc3OC)c2)c1. The van der Waals surface area contributed by atoms with E-state index in [4.69, 9.17) is 18.9 Å². The molecule has 0 bridgehead atoms. The summed E-state index contributed by atoms with van der Waals surface area (Å²) in [4.78, 5) is 4.22. The summed E-state index contributed by atoms with van der Waals surface area (Å²) in [5.41, 5.74) is 0. The summed E-state index contributed by atoms with van der Waals surface area (Å²) < 4.78 is 21.7. The summed E-state index contributed by atoms with van der Waals surface area (Å²) in [6.07, 6.45) is 0. The van der Waals surface area contributed by atoms with Gasteiger partial charge in [0.15, 0.2) is 0 Å². The molecule has 0 radical (unpaired) electrons. The molecule has 0 saturated heterocycles. The van der Waals surface area contributed by atoms with Crippen LogP contribution in [-0.4, -0.2) is 28.4 Å². The van der Waals surface area contributed by atoms with Gasteiger partial charge in [0, 0.05) is 9.79 Å². The van der Waals surface area contributed by atoms with E-state index in [9.17, 15) is 0 Å². The van der Waals surface area contributed by atoms with Crippen molar-refractivity contribution in [2.24, 2.45) is 0 Å². The number of hydrogen-bond donors (Lipinski definition) is 0. The van der Waals surface area contributed by atoms with Crippen LogP contribution >= 0.6 is 23.5 Å². The minimum absolute atomic E-state index is 0.801. The highest BCUT2D eigenvalue weighted by atomic mass is 32.2. The zero-order valence-corrected chi connectivity index (χ0v) is 17.9. The van der Waals surface area contributed by atoms with E-state index in [-0.39, 0.29) is 0 Å². The van der Waals surface area contributed by atoms with Crippen molar-refractivity contribution in [2.75, 3.05) is 28.4 Å². The highest BCUT2D eigenvalue weighted by Gasteiger charge is 2.10. The van der Waals surface area contributed by atoms with Crippen molar-refractivity contribution in [3.63, 3.8) is 0 Å². The number of methoxy groups -OCH3 is 4. The van der Waals surface area contributed by atoms with Crippen LogP contribution in [-0.2, 0) is 0 Å². The number of ether oxygens (including phenoxy) is 4. The van der Waals surface area contributed by atoms with Gasteiger partial charge in [-0.1, -0.05) is 29.6 Å². The van der Waals surface area contributed by atoms with Gasteiger partial charge in [0.2, 0.25) is 0 Å². The summed E-state index contributed by atoms with van der Waals surface area (Å²) in [7, 11) is 6.67. The first-order chi connectivity index (χ1) is 13.7. The molecule has 3 aromatic carbocycles. The Morgan fingerprint density at radius 2 is 1.00 bits per heavy atom. The molecule has 0 amide bonds. The lowest BCUT2D eigenvalue weighted by Gasteiger charge is -2.12. The van der Waals surface area contributed by atoms with Crippen LogP contribution in [0.4, 0.5) is 0 Å². The number of hydrogen-bond acceptors (Lipinski definition) is 6. The quantitative estimate of drug-likeness (QED) is 0.448. The van der Waals surface area contributed by atoms with Gasteiger partial charge < -0.3 is 18.9 Å². The Morgan fingerprint density at radius 1 is 0.536 bits per heavy atom. The molecule has 0 aliphatic heterocycles. The standard InChI is InChI=1S/C22H22O4S2/c1-23-15-8-10-19(25-3)21(12-15)27-17-6-5-7-18(14-17)28-22-13-16(24-2)9-11-20(22)26-4/h5-14H,1-4H3. The number of rotatable bonds is 8. The molecular weight excluding hydrogens is 392 g/mol. The molecule has 4 nitrogen and oxygen atoms in total. The maximum atomic E-state index is 5.49. The fraction of sp³-hybridized carbons (Fsp3) is 0.182. The molecule has 0 unspecified atom stereocenters. The summed E-state index contributed by atoms with van der Waals surface area (Å²) in [6, 6.07) is 19.9. The fourth-order valence-corrected chi connectivity index (χ4v) is 4.68. The predicted octanol–water partition coefficient (Wildman–Crippen LogP) is 6.02. The van der Waals surface area contributed by atoms with E-state index in [0.717, 1.165) is 42.6 Å². The first-order valence-corrected chi connectivity index (χ1v) is 10.2. The van der Waals surface area contributed by atoms with Crippen molar-refractivity contribution in [3.05, 3.63) is 60.7 Å². The van der Waals surface area contributed by atoms with Gasteiger partial charge in [-0.2, -0.15) is 0 Å². The first-order valence-electron chi connectivity index (χ1n) is 8.56. The lowest BCUT2D eigenvalue weighted by atomic mass is 10.3. The summed E-state index contributed by atoms with van der Waals surface area (Å²) in [5.74, 6) is 3.24. The molecule has 0 spiro atoms. The van der Waals surface area contributed by atoms with Gasteiger partial charge in [0.1, 0.15) is 23.0 Å². The Kier molecular flexibility index (Phi) is 7.01. The minimum atomic E-state index is 0.801. The molecule has 0 aliphatic carbocycles. The van der Waals surface area contributed by atoms with E-state index in [1.807, 2.05) is 42.5 Å². The molecule has 146 valence electrons. The van der Waals surface area contributed by atoms with Gasteiger partial charge >= 0.3 is 0 Å². The maximum Gasteiger partial charge on any atom is 0.133 e. The summed E-state index contributed by atoms with van der Waals surface area (Å²) >= 11 is 3.27. The third-order valence-electron chi connectivity index (χ3n) is 4.00. The third kappa shape index (κ3) is 4.88. The van der Waals surface area contributed by atoms with Crippen LogP contribution in [0.25, 0.3) is 0 Å². The topological polar surface area (TPSA) is 36.9 Å². The van der Waals surface area contributed by atoms with Crippen molar-refractivity contribution in [3.8, 4) is 23.0 Å². The second kappa shape index (κ2) is 9.66. The van der Waals surface area contributed by atoms with Crippen molar-refractivity contribution >= 4 is 23.5 Å². The van der Waals surface area contributed by atoms with Gasteiger partial charge in [-0.3, -0.25) is 0 Å². The van der Waals surface area contributed by atoms with E-state index >= 15 is 0 Å². The Hall–Kier alpha value is -2.44. The third-order valence-corrected chi connectivity index (χ3v) is 6.06. The molecule has 3 aromatic rings. The molecule has 6 heteroatoms. The summed E-state index contributed by atoms with van der Waals surface area (Å²) in [5, 5.41) is 0. The summed E-state index contributed by atoms with van der Waals surface area (Å²) in [6.45, 7) is 0. The molecule has 0 aromatic heterocycles. The van der Waals surface area contributed by atoms with Crippen molar-refractivity contribution in [1.29, 1.82) is 0 Å². The average molecular weight is 415 g/mol. The van der Waals surface area contributed by atoms with Gasteiger partial charge in [0.05, 0.1) is 38.2 Å². The van der Waals surface area contributed by atoms with Crippen LogP contribution in [0.15, 0.2) is 80.2 Å². The van der Waals surface area contributed by atoms with E-state index in [2.05, 4.69) is 18.2 Å². The molecule has 0 N–H and O–H groups in total. The van der Waals surface area contributed by atoms with Crippen LogP contribution in [0.3, 0.4) is 0 Å². The van der Waals surface area contributed by atoms with Gasteiger partial charge in [-0.15, -0.1) is 0 Å². The van der Waals surface area contributed by atoms with E-state index in [1.54, 1.807) is 52.0 Å². The Labute approximate surface area is 174 Å². The first kappa shape index (κ1) is 20.3. The average Bonchev–Trinajstić information content (AvgIpc) is 2.73. The van der Waals surface area contributed by atoms with Crippen molar-refractivity contribution in [1.82, 2.24) is 0 Å². The van der Waals surface area contributed by atoms with Crippen molar-refractivity contribution in [2.45, 2.75) is 19.6 Å². The largest absolute Gasteiger partial charge is 0.497 e.